The normalized spacial score (nSPS) is 22.4. The van der Waals surface area contributed by atoms with Crippen molar-refractivity contribution < 1.29 is 5.11 Å². The molecule has 1 aliphatic heterocycles. The van der Waals surface area contributed by atoms with E-state index in [0.717, 1.165) is 25.9 Å². The van der Waals surface area contributed by atoms with Crippen molar-refractivity contribution in [2.75, 3.05) is 18.0 Å². The van der Waals surface area contributed by atoms with E-state index in [-0.39, 0.29) is 6.10 Å². The number of anilines is 1. The minimum Gasteiger partial charge on any atom is -0.391 e. The maximum absolute atomic E-state index is 9.57. The van der Waals surface area contributed by atoms with Gasteiger partial charge in [-0.25, -0.2) is 0 Å². The molecule has 1 aromatic heterocycles. The van der Waals surface area contributed by atoms with Gasteiger partial charge in [-0.3, -0.25) is 4.98 Å². The Morgan fingerprint density at radius 3 is 3.14 bits per heavy atom. The Morgan fingerprint density at radius 1 is 1.57 bits per heavy atom. The first-order chi connectivity index (χ1) is 6.77. The third-order valence-electron chi connectivity index (χ3n) is 2.73. The summed E-state index contributed by atoms with van der Waals surface area (Å²) in [5.41, 5.74) is 2.39. The number of rotatable bonds is 1. The molecule has 0 unspecified atom stereocenters. The molecule has 0 spiro atoms. The van der Waals surface area contributed by atoms with Crippen molar-refractivity contribution >= 4 is 5.69 Å². The molecule has 0 amide bonds. The number of nitrogens with zero attached hydrogens (tertiary/aromatic N) is 2. The quantitative estimate of drug-likeness (QED) is 0.729. The van der Waals surface area contributed by atoms with E-state index in [9.17, 15) is 5.11 Å². The Balaban J connectivity index is 2.18. The van der Waals surface area contributed by atoms with Gasteiger partial charge in [-0.05, 0) is 31.4 Å². The number of β-amino-alcohol motifs (C(OH)–C–C–N with tert-alkyl or cyclic N) is 1. The highest BCUT2D eigenvalue weighted by Gasteiger charge is 2.18. The average molecular weight is 192 g/mol. The predicted octanol–water partition coefficient (Wildman–Crippen LogP) is 1.35. The van der Waals surface area contributed by atoms with Gasteiger partial charge >= 0.3 is 0 Å². The third-order valence-corrected chi connectivity index (χ3v) is 2.73. The summed E-state index contributed by atoms with van der Waals surface area (Å²) in [7, 11) is 0. The van der Waals surface area contributed by atoms with Crippen LogP contribution in [0.5, 0.6) is 0 Å². The van der Waals surface area contributed by atoms with Gasteiger partial charge in [-0.2, -0.15) is 0 Å². The number of aliphatic hydroxyl groups is 1. The standard InChI is InChI=1S/C11H16N2O/c1-9-7-12-5-4-11(9)13-6-2-3-10(14)8-13/h4-5,7,10,14H,2-3,6,8H2,1H3/t10-/m0/s1. The first kappa shape index (κ1) is 9.46. The zero-order valence-electron chi connectivity index (χ0n) is 8.48. The zero-order valence-corrected chi connectivity index (χ0v) is 8.48. The van der Waals surface area contributed by atoms with Gasteiger partial charge in [0.1, 0.15) is 0 Å². The summed E-state index contributed by atoms with van der Waals surface area (Å²) in [6.45, 7) is 3.86. The first-order valence-corrected chi connectivity index (χ1v) is 5.11. The number of aromatic nitrogens is 1. The fraction of sp³-hybridized carbons (Fsp3) is 0.545. The Kier molecular flexibility index (Phi) is 2.68. The minimum atomic E-state index is -0.170. The molecule has 2 rings (SSSR count). The number of pyridine rings is 1. The highest BCUT2D eigenvalue weighted by atomic mass is 16.3. The monoisotopic (exact) mass is 192 g/mol. The van der Waals surface area contributed by atoms with Crippen molar-refractivity contribution in [3.63, 3.8) is 0 Å². The SMILES string of the molecule is Cc1cnccc1N1CCC[C@H](O)C1. The van der Waals surface area contributed by atoms with Crippen LogP contribution in [0.2, 0.25) is 0 Å². The summed E-state index contributed by atoms with van der Waals surface area (Å²) in [5, 5.41) is 9.57. The highest BCUT2D eigenvalue weighted by Crippen LogP contribution is 2.22. The van der Waals surface area contributed by atoms with Crippen molar-refractivity contribution in [3.8, 4) is 0 Å². The second-order valence-electron chi connectivity index (χ2n) is 3.90. The van der Waals surface area contributed by atoms with Gasteiger partial charge in [-0.15, -0.1) is 0 Å². The number of hydrogen-bond donors (Lipinski definition) is 1. The first-order valence-electron chi connectivity index (χ1n) is 5.11. The van der Waals surface area contributed by atoms with E-state index in [2.05, 4.69) is 16.8 Å². The van der Waals surface area contributed by atoms with E-state index in [1.54, 1.807) is 0 Å². The van der Waals surface area contributed by atoms with Crippen molar-refractivity contribution in [2.24, 2.45) is 0 Å². The van der Waals surface area contributed by atoms with Gasteiger partial charge in [-0.1, -0.05) is 0 Å². The van der Waals surface area contributed by atoms with E-state index in [4.69, 9.17) is 0 Å². The summed E-state index contributed by atoms with van der Waals surface area (Å²) < 4.78 is 0. The Bertz CT molecular complexity index is 314. The van der Waals surface area contributed by atoms with Crippen LogP contribution in [0, 0.1) is 6.92 Å². The molecule has 0 saturated carbocycles. The van der Waals surface area contributed by atoms with Gasteiger partial charge in [0.25, 0.3) is 0 Å². The Morgan fingerprint density at radius 2 is 2.43 bits per heavy atom. The summed E-state index contributed by atoms with van der Waals surface area (Å²) in [6.07, 6.45) is 5.51. The molecule has 0 radical (unpaired) electrons. The molecule has 14 heavy (non-hydrogen) atoms. The summed E-state index contributed by atoms with van der Waals surface area (Å²) in [6, 6.07) is 2.02. The molecule has 1 atom stereocenters. The van der Waals surface area contributed by atoms with E-state index >= 15 is 0 Å². The summed E-state index contributed by atoms with van der Waals surface area (Å²) >= 11 is 0. The maximum Gasteiger partial charge on any atom is 0.0715 e. The predicted molar refractivity (Wildman–Crippen MR) is 56.4 cm³/mol. The van der Waals surface area contributed by atoms with Gasteiger partial charge in [0.05, 0.1) is 6.10 Å². The second kappa shape index (κ2) is 3.96. The van der Waals surface area contributed by atoms with Gasteiger partial charge in [0.2, 0.25) is 0 Å². The molecule has 1 saturated heterocycles. The summed E-state index contributed by atoms with van der Waals surface area (Å²) in [5.74, 6) is 0. The number of piperidine rings is 1. The van der Waals surface area contributed by atoms with E-state index in [0.29, 0.717) is 0 Å². The molecular weight excluding hydrogens is 176 g/mol. The molecule has 3 nitrogen and oxygen atoms in total. The van der Waals surface area contributed by atoms with Gasteiger partial charge in [0, 0.05) is 31.2 Å². The van der Waals surface area contributed by atoms with Crippen LogP contribution in [0.25, 0.3) is 0 Å². The lowest BCUT2D eigenvalue weighted by atomic mass is 10.1. The fourth-order valence-corrected chi connectivity index (χ4v) is 1.99. The van der Waals surface area contributed by atoms with Crippen LogP contribution < -0.4 is 4.90 Å². The lowest BCUT2D eigenvalue weighted by Crippen LogP contribution is -2.38. The molecule has 2 heterocycles. The van der Waals surface area contributed by atoms with Crippen LogP contribution in [0.3, 0.4) is 0 Å². The third kappa shape index (κ3) is 1.87. The summed E-state index contributed by atoms with van der Waals surface area (Å²) in [4.78, 5) is 6.31. The van der Waals surface area contributed by atoms with Crippen LogP contribution in [-0.2, 0) is 0 Å². The number of aryl methyl sites for hydroxylation is 1. The second-order valence-corrected chi connectivity index (χ2v) is 3.90. The van der Waals surface area contributed by atoms with E-state index < -0.39 is 0 Å². The number of hydrogen-bond acceptors (Lipinski definition) is 3. The van der Waals surface area contributed by atoms with Crippen molar-refractivity contribution in [1.82, 2.24) is 4.98 Å². The molecule has 1 N–H and O–H groups in total. The van der Waals surface area contributed by atoms with Crippen molar-refractivity contribution in [3.05, 3.63) is 24.0 Å². The lowest BCUT2D eigenvalue weighted by molar-refractivity contribution is 0.154. The zero-order chi connectivity index (χ0) is 9.97. The molecule has 1 aliphatic rings. The van der Waals surface area contributed by atoms with Crippen LogP contribution in [0.15, 0.2) is 18.5 Å². The van der Waals surface area contributed by atoms with Crippen LogP contribution in [0.1, 0.15) is 18.4 Å². The average Bonchev–Trinajstić information content (AvgIpc) is 2.18. The largest absolute Gasteiger partial charge is 0.391 e. The van der Waals surface area contributed by atoms with Gasteiger partial charge in [0.15, 0.2) is 0 Å². The van der Waals surface area contributed by atoms with Crippen LogP contribution in [0.4, 0.5) is 5.69 Å². The fourth-order valence-electron chi connectivity index (χ4n) is 1.99. The van der Waals surface area contributed by atoms with Gasteiger partial charge < -0.3 is 10.0 Å². The molecular formula is C11H16N2O. The van der Waals surface area contributed by atoms with E-state index in [1.807, 2.05) is 18.5 Å². The van der Waals surface area contributed by atoms with E-state index in [1.165, 1.54) is 11.3 Å². The molecule has 1 fully saturated rings. The topological polar surface area (TPSA) is 36.4 Å². The minimum absolute atomic E-state index is 0.170. The molecule has 3 heteroatoms. The molecule has 1 aromatic rings. The molecule has 0 aliphatic carbocycles. The maximum atomic E-state index is 9.57. The highest BCUT2D eigenvalue weighted by molar-refractivity contribution is 5.51. The molecule has 0 bridgehead atoms. The number of aliphatic hydroxyl groups excluding tert-OH is 1. The molecule has 0 aromatic carbocycles. The van der Waals surface area contributed by atoms with Crippen LogP contribution >= 0.6 is 0 Å². The Labute approximate surface area is 84.4 Å². The van der Waals surface area contributed by atoms with Crippen molar-refractivity contribution in [2.45, 2.75) is 25.9 Å². The lowest BCUT2D eigenvalue weighted by Gasteiger charge is -2.32. The molecule has 76 valence electrons. The Hall–Kier alpha value is -1.09. The smallest absolute Gasteiger partial charge is 0.0715 e. The van der Waals surface area contributed by atoms with Crippen molar-refractivity contribution in [1.29, 1.82) is 0 Å². The van der Waals surface area contributed by atoms with Crippen LogP contribution in [-0.4, -0.2) is 29.3 Å².